The van der Waals surface area contributed by atoms with Crippen molar-refractivity contribution in [2.45, 2.75) is 30.7 Å². The maximum atomic E-state index is 12.8. The number of rotatable bonds is 6. The summed E-state index contributed by atoms with van der Waals surface area (Å²) in [4.78, 5) is 23.5. The number of carbonyl (C=O) groups excluding carboxylic acids is 1. The fraction of sp³-hybridized carbons (Fsp3) is 0.292. The summed E-state index contributed by atoms with van der Waals surface area (Å²) < 4.78 is 2.05. The van der Waals surface area contributed by atoms with E-state index in [1.54, 1.807) is 24.2 Å². The van der Waals surface area contributed by atoms with Crippen molar-refractivity contribution in [1.82, 2.24) is 29.6 Å². The first-order valence-corrected chi connectivity index (χ1v) is 12.8. The number of aromatic nitrogens is 5. The molecule has 0 unspecified atom stereocenters. The number of thioether (sulfide) groups is 1. The molecule has 0 radical (unpaired) electrons. The molecule has 168 valence electrons. The molecule has 1 saturated heterocycles. The molecule has 0 bridgehead atoms. The van der Waals surface area contributed by atoms with Crippen LogP contribution in [-0.2, 0) is 5.75 Å². The molecule has 1 aliphatic rings. The first kappa shape index (κ1) is 21.8. The summed E-state index contributed by atoms with van der Waals surface area (Å²) >= 11 is 3.09. The van der Waals surface area contributed by atoms with Crippen molar-refractivity contribution in [2.24, 2.45) is 5.92 Å². The maximum Gasteiger partial charge on any atom is 0.273 e. The first-order valence-electron chi connectivity index (χ1n) is 11.0. The van der Waals surface area contributed by atoms with Crippen molar-refractivity contribution in [3.63, 3.8) is 0 Å². The molecule has 0 atom stereocenters. The van der Waals surface area contributed by atoms with Gasteiger partial charge >= 0.3 is 0 Å². The predicted octanol–water partition coefficient (Wildman–Crippen LogP) is 4.95. The Balaban J connectivity index is 1.34. The van der Waals surface area contributed by atoms with Crippen molar-refractivity contribution in [3.8, 4) is 17.1 Å². The van der Waals surface area contributed by atoms with Gasteiger partial charge in [-0.3, -0.25) is 14.3 Å². The number of hydrogen-bond donors (Lipinski definition) is 0. The van der Waals surface area contributed by atoms with E-state index in [0.29, 0.717) is 17.4 Å². The second-order valence-corrected chi connectivity index (χ2v) is 9.99. The van der Waals surface area contributed by atoms with Gasteiger partial charge < -0.3 is 4.90 Å². The predicted molar refractivity (Wildman–Crippen MR) is 131 cm³/mol. The third kappa shape index (κ3) is 4.84. The Morgan fingerprint density at radius 2 is 1.85 bits per heavy atom. The zero-order valence-corrected chi connectivity index (χ0v) is 19.9. The van der Waals surface area contributed by atoms with Gasteiger partial charge in [-0.1, -0.05) is 36.9 Å². The van der Waals surface area contributed by atoms with Crippen molar-refractivity contribution in [3.05, 3.63) is 70.9 Å². The molecule has 1 aliphatic heterocycles. The lowest BCUT2D eigenvalue weighted by Crippen LogP contribution is -2.38. The average molecular weight is 477 g/mol. The number of likely N-dealkylation sites (tertiary alicyclic amines) is 1. The summed E-state index contributed by atoms with van der Waals surface area (Å²) in [5, 5.41) is 12.5. The lowest BCUT2D eigenvalue weighted by atomic mass is 9.99. The lowest BCUT2D eigenvalue weighted by molar-refractivity contribution is 0.0692. The van der Waals surface area contributed by atoms with Gasteiger partial charge in [0.1, 0.15) is 10.7 Å². The average Bonchev–Trinajstić information content (AvgIpc) is 3.51. The van der Waals surface area contributed by atoms with E-state index in [2.05, 4.69) is 31.7 Å². The summed E-state index contributed by atoms with van der Waals surface area (Å²) in [6.45, 7) is 3.88. The molecule has 5 rings (SSSR count). The van der Waals surface area contributed by atoms with Crippen LogP contribution in [0.2, 0.25) is 0 Å². The van der Waals surface area contributed by atoms with Crippen molar-refractivity contribution in [1.29, 1.82) is 0 Å². The smallest absolute Gasteiger partial charge is 0.273 e. The zero-order chi connectivity index (χ0) is 22.6. The Morgan fingerprint density at radius 1 is 1.09 bits per heavy atom. The first-order chi connectivity index (χ1) is 16.2. The summed E-state index contributed by atoms with van der Waals surface area (Å²) in [6, 6.07) is 13.9. The number of amides is 1. The second-order valence-electron chi connectivity index (χ2n) is 8.10. The monoisotopic (exact) mass is 476 g/mol. The molecule has 4 heterocycles. The number of piperidine rings is 1. The van der Waals surface area contributed by atoms with Crippen LogP contribution in [0.3, 0.4) is 0 Å². The van der Waals surface area contributed by atoms with E-state index >= 15 is 0 Å². The van der Waals surface area contributed by atoms with E-state index in [1.807, 2.05) is 52.7 Å². The number of carbonyl (C=O) groups is 1. The van der Waals surface area contributed by atoms with E-state index in [1.165, 1.54) is 11.3 Å². The van der Waals surface area contributed by atoms with E-state index in [4.69, 9.17) is 0 Å². The molecule has 0 N–H and O–H groups in total. The Kier molecular flexibility index (Phi) is 6.50. The molecule has 4 aromatic rings. The van der Waals surface area contributed by atoms with E-state index in [9.17, 15) is 4.79 Å². The standard InChI is InChI=1S/C24H24N6OS2/c1-17-9-13-29(14-10-17)23(31)20-15-32-21(26-20)16-33-24-28-27-22(18-7-11-25-12-8-18)30(24)19-5-3-2-4-6-19/h2-8,11-12,15,17H,9-10,13-14,16H2,1H3. The lowest BCUT2D eigenvalue weighted by Gasteiger charge is -2.29. The van der Waals surface area contributed by atoms with E-state index in [0.717, 1.165) is 53.2 Å². The molecule has 1 fully saturated rings. The van der Waals surface area contributed by atoms with Crippen LogP contribution in [0.4, 0.5) is 0 Å². The SMILES string of the molecule is CC1CCN(C(=O)c2csc(CSc3nnc(-c4ccncc4)n3-c3ccccc3)n2)CC1. The summed E-state index contributed by atoms with van der Waals surface area (Å²) in [5.41, 5.74) is 2.49. The van der Waals surface area contributed by atoms with Gasteiger partial charge in [-0.2, -0.15) is 0 Å². The van der Waals surface area contributed by atoms with Crippen molar-refractivity contribution < 1.29 is 4.79 Å². The minimum absolute atomic E-state index is 0.0434. The molecule has 1 amide bonds. The van der Waals surface area contributed by atoms with Crippen molar-refractivity contribution >= 4 is 29.0 Å². The highest BCUT2D eigenvalue weighted by Gasteiger charge is 2.23. The fourth-order valence-electron chi connectivity index (χ4n) is 3.84. The Hall–Kier alpha value is -3.04. The number of hydrogen-bond acceptors (Lipinski definition) is 7. The normalized spacial score (nSPS) is 14.5. The van der Waals surface area contributed by atoms with Crippen LogP contribution in [0.25, 0.3) is 17.1 Å². The van der Waals surface area contributed by atoms with Gasteiger partial charge in [-0.05, 0) is 43.0 Å². The molecule has 7 nitrogen and oxygen atoms in total. The van der Waals surface area contributed by atoms with Gasteiger partial charge in [0.25, 0.3) is 5.91 Å². The number of nitrogens with zero attached hydrogens (tertiary/aromatic N) is 6. The Bertz CT molecular complexity index is 1220. The topological polar surface area (TPSA) is 76.8 Å². The van der Waals surface area contributed by atoms with Crippen LogP contribution in [0.1, 0.15) is 35.3 Å². The van der Waals surface area contributed by atoms with Crippen molar-refractivity contribution in [2.75, 3.05) is 13.1 Å². The van der Waals surface area contributed by atoms with Gasteiger partial charge in [0, 0.05) is 42.1 Å². The fourth-order valence-corrected chi connectivity index (χ4v) is 5.57. The molecule has 1 aromatic carbocycles. The molecule has 0 saturated carbocycles. The second kappa shape index (κ2) is 9.84. The largest absolute Gasteiger partial charge is 0.337 e. The maximum absolute atomic E-state index is 12.8. The minimum atomic E-state index is 0.0434. The number of thiazole rings is 1. The Labute approximate surface area is 200 Å². The summed E-state index contributed by atoms with van der Waals surface area (Å²) in [6.07, 6.45) is 5.63. The molecular weight excluding hydrogens is 452 g/mol. The van der Waals surface area contributed by atoms with Gasteiger partial charge in [0.2, 0.25) is 0 Å². The minimum Gasteiger partial charge on any atom is -0.337 e. The molecule has 9 heteroatoms. The van der Waals surface area contributed by atoms with Crippen LogP contribution >= 0.6 is 23.1 Å². The van der Waals surface area contributed by atoms with Crippen LogP contribution in [-0.4, -0.2) is 48.6 Å². The molecule has 0 spiro atoms. The molecule has 0 aliphatic carbocycles. The van der Waals surface area contributed by atoms with Crippen LogP contribution in [0.15, 0.2) is 65.4 Å². The Morgan fingerprint density at radius 3 is 2.61 bits per heavy atom. The highest BCUT2D eigenvalue weighted by Crippen LogP contribution is 2.30. The molecule has 3 aromatic heterocycles. The van der Waals surface area contributed by atoms with Gasteiger partial charge in [-0.15, -0.1) is 21.5 Å². The van der Waals surface area contributed by atoms with Gasteiger partial charge in [-0.25, -0.2) is 4.98 Å². The molecular formula is C24H24N6OS2. The van der Waals surface area contributed by atoms with Crippen LogP contribution < -0.4 is 0 Å². The van der Waals surface area contributed by atoms with Gasteiger partial charge in [0.15, 0.2) is 11.0 Å². The number of benzene rings is 1. The highest BCUT2D eigenvalue weighted by atomic mass is 32.2. The van der Waals surface area contributed by atoms with Crippen LogP contribution in [0, 0.1) is 5.92 Å². The third-order valence-electron chi connectivity index (χ3n) is 5.75. The quantitative estimate of drug-likeness (QED) is 0.367. The summed E-state index contributed by atoms with van der Waals surface area (Å²) in [7, 11) is 0. The highest BCUT2D eigenvalue weighted by molar-refractivity contribution is 7.98. The number of pyridine rings is 1. The third-order valence-corrected chi connectivity index (χ3v) is 7.72. The van der Waals surface area contributed by atoms with Crippen LogP contribution in [0.5, 0.6) is 0 Å². The van der Waals surface area contributed by atoms with Gasteiger partial charge in [0.05, 0.1) is 5.75 Å². The van der Waals surface area contributed by atoms with E-state index in [-0.39, 0.29) is 5.91 Å². The summed E-state index contributed by atoms with van der Waals surface area (Å²) in [5.74, 6) is 2.12. The zero-order valence-electron chi connectivity index (χ0n) is 18.3. The molecule has 33 heavy (non-hydrogen) atoms. The van der Waals surface area contributed by atoms with E-state index < -0.39 is 0 Å². The number of para-hydroxylation sites is 1.